The molecule has 2 N–H and O–H groups in total. The van der Waals surface area contributed by atoms with Gasteiger partial charge in [0.1, 0.15) is 18.2 Å². The van der Waals surface area contributed by atoms with E-state index in [0.717, 1.165) is 37.7 Å². The summed E-state index contributed by atoms with van der Waals surface area (Å²) >= 11 is 0. The maximum Gasteiger partial charge on any atom is 0.417 e. The zero-order valence-electron chi connectivity index (χ0n) is 15.0. The van der Waals surface area contributed by atoms with Crippen LogP contribution in [-0.2, 0) is 0 Å². The van der Waals surface area contributed by atoms with E-state index in [0.29, 0.717) is 29.9 Å². The molecule has 4 rings (SSSR count). The Bertz CT molecular complexity index is 940. The lowest BCUT2D eigenvalue weighted by Gasteiger charge is -2.29. The minimum absolute atomic E-state index is 0.255. The van der Waals surface area contributed by atoms with E-state index in [-0.39, 0.29) is 5.82 Å². The molecule has 1 aliphatic carbocycles. The molecule has 1 fully saturated rings. The van der Waals surface area contributed by atoms with Crippen LogP contribution in [0.1, 0.15) is 37.2 Å². The number of oxazole rings is 1. The van der Waals surface area contributed by atoms with Gasteiger partial charge in [-0.05, 0) is 73.6 Å². The molecule has 0 aliphatic heterocycles. The molecule has 1 saturated carbocycles. The van der Waals surface area contributed by atoms with Gasteiger partial charge in [-0.2, -0.15) is 0 Å². The lowest BCUT2D eigenvalue weighted by Crippen LogP contribution is -2.35. The standard InChI is InChI=1S/C21H23FN2O3/c22-16-4-8-18(9-5-16)26-12-11-23-17-6-1-14(2-7-17)15-3-10-19-20(13-15)27-21(25)24-19/h3-5,8-10,13-14,17,23H,1-2,6-7,11-12H2,(H,24,25)/t14-,17-. The number of halogens is 1. The summed E-state index contributed by atoms with van der Waals surface area (Å²) in [6.07, 6.45) is 4.43. The maximum atomic E-state index is 12.9. The van der Waals surface area contributed by atoms with Gasteiger partial charge >= 0.3 is 5.76 Å². The second-order valence-electron chi connectivity index (χ2n) is 7.08. The predicted octanol–water partition coefficient (Wildman–Crippen LogP) is 3.96. The highest BCUT2D eigenvalue weighted by atomic mass is 19.1. The van der Waals surface area contributed by atoms with E-state index in [1.54, 1.807) is 12.1 Å². The zero-order valence-corrected chi connectivity index (χ0v) is 15.0. The number of fused-ring (bicyclic) bond motifs is 1. The third-order valence-corrected chi connectivity index (χ3v) is 5.26. The largest absolute Gasteiger partial charge is 0.492 e. The van der Waals surface area contributed by atoms with E-state index >= 15 is 0 Å². The van der Waals surface area contributed by atoms with Gasteiger partial charge in [-0.15, -0.1) is 0 Å². The van der Waals surface area contributed by atoms with Gasteiger partial charge in [0.15, 0.2) is 5.58 Å². The molecule has 6 heteroatoms. The molecule has 1 heterocycles. The molecule has 0 spiro atoms. The first-order chi connectivity index (χ1) is 13.2. The quantitative estimate of drug-likeness (QED) is 0.645. The molecule has 0 radical (unpaired) electrons. The van der Waals surface area contributed by atoms with Crippen molar-refractivity contribution in [1.29, 1.82) is 0 Å². The minimum Gasteiger partial charge on any atom is -0.492 e. The first-order valence-corrected chi connectivity index (χ1v) is 9.42. The summed E-state index contributed by atoms with van der Waals surface area (Å²) in [7, 11) is 0. The Kier molecular flexibility index (Phi) is 5.25. The third-order valence-electron chi connectivity index (χ3n) is 5.26. The lowest BCUT2D eigenvalue weighted by molar-refractivity contribution is 0.282. The zero-order chi connectivity index (χ0) is 18.6. The van der Waals surface area contributed by atoms with Gasteiger partial charge in [-0.25, -0.2) is 9.18 Å². The SMILES string of the molecule is O=c1[nH]c2ccc([C@H]3CC[C@H](NCCOc4ccc(F)cc4)CC3)cc2o1. The fourth-order valence-electron chi connectivity index (χ4n) is 3.81. The average molecular weight is 370 g/mol. The van der Waals surface area contributed by atoms with Crippen LogP contribution in [0.4, 0.5) is 4.39 Å². The van der Waals surface area contributed by atoms with E-state index < -0.39 is 5.76 Å². The van der Waals surface area contributed by atoms with E-state index in [9.17, 15) is 9.18 Å². The van der Waals surface area contributed by atoms with Gasteiger partial charge in [0.05, 0.1) is 5.52 Å². The highest BCUT2D eigenvalue weighted by Crippen LogP contribution is 2.33. The van der Waals surface area contributed by atoms with Crippen molar-refractivity contribution in [2.75, 3.05) is 13.2 Å². The van der Waals surface area contributed by atoms with Crippen LogP contribution in [0.3, 0.4) is 0 Å². The van der Waals surface area contributed by atoms with Crippen molar-refractivity contribution in [1.82, 2.24) is 10.3 Å². The summed E-state index contributed by atoms with van der Waals surface area (Å²) in [5.41, 5.74) is 2.62. The van der Waals surface area contributed by atoms with Crippen molar-refractivity contribution < 1.29 is 13.5 Å². The van der Waals surface area contributed by atoms with Gasteiger partial charge in [0.25, 0.3) is 0 Å². The number of ether oxygens (including phenoxy) is 1. The molecule has 142 valence electrons. The lowest BCUT2D eigenvalue weighted by atomic mass is 9.81. The van der Waals surface area contributed by atoms with Crippen molar-refractivity contribution in [2.45, 2.75) is 37.6 Å². The van der Waals surface area contributed by atoms with Crippen LogP contribution in [-0.4, -0.2) is 24.2 Å². The Labute approximate surface area is 156 Å². The Hall–Kier alpha value is -2.60. The Morgan fingerprint density at radius 2 is 1.89 bits per heavy atom. The van der Waals surface area contributed by atoms with Gasteiger partial charge in [0, 0.05) is 12.6 Å². The Balaban J connectivity index is 1.22. The van der Waals surface area contributed by atoms with Crippen molar-refractivity contribution in [3.05, 3.63) is 64.4 Å². The monoisotopic (exact) mass is 370 g/mol. The molecule has 27 heavy (non-hydrogen) atoms. The van der Waals surface area contributed by atoms with E-state index in [1.807, 2.05) is 12.1 Å². The molecule has 3 aromatic rings. The number of nitrogens with one attached hydrogen (secondary N) is 2. The summed E-state index contributed by atoms with van der Waals surface area (Å²) in [4.78, 5) is 14.0. The normalized spacial score (nSPS) is 20.0. The van der Waals surface area contributed by atoms with Crippen LogP contribution >= 0.6 is 0 Å². The molecular formula is C21H23FN2O3. The summed E-state index contributed by atoms with van der Waals surface area (Å²) in [6, 6.07) is 12.6. The van der Waals surface area contributed by atoms with E-state index in [1.165, 1.54) is 17.7 Å². The van der Waals surface area contributed by atoms with Crippen molar-refractivity contribution in [3.63, 3.8) is 0 Å². The summed E-state index contributed by atoms with van der Waals surface area (Å²) in [6.45, 7) is 1.34. The van der Waals surface area contributed by atoms with Crippen LogP contribution in [0.25, 0.3) is 11.1 Å². The van der Waals surface area contributed by atoms with Crippen molar-refractivity contribution in [3.8, 4) is 5.75 Å². The summed E-state index contributed by atoms with van der Waals surface area (Å²) in [5.74, 6) is 0.532. The smallest absolute Gasteiger partial charge is 0.417 e. The van der Waals surface area contributed by atoms with Crippen LogP contribution in [0.15, 0.2) is 51.7 Å². The number of H-pyrrole nitrogens is 1. The molecule has 0 bridgehead atoms. The molecule has 2 aromatic carbocycles. The van der Waals surface area contributed by atoms with E-state index in [4.69, 9.17) is 9.15 Å². The summed E-state index contributed by atoms with van der Waals surface area (Å²) in [5, 5.41) is 3.54. The van der Waals surface area contributed by atoms with Crippen LogP contribution < -0.4 is 15.8 Å². The second-order valence-corrected chi connectivity index (χ2v) is 7.08. The van der Waals surface area contributed by atoms with Crippen molar-refractivity contribution >= 4 is 11.1 Å². The van der Waals surface area contributed by atoms with Gasteiger partial charge in [0.2, 0.25) is 0 Å². The number of hydrogen-bond donors (Lipinski definition) is 2. The fourth-order valence-corrected chi connectivity index (χ4v) is 3.81. The number of aromatic amines is 1. The van der Waals surface area contributed by atoms with Gasteiger partial charge in [-0.3, -0.25) is 4.98 Å². The fraction of sp³-hybridized carbons (Fsp3) is 0.381. The van der Waals surface area contributed by atoms with Crippen molar-refractivity contribution in [2.24, 2.45) is 0 Å². The highest BCUT2D eigenvalue weighted by Gasteiger charge is 2.22. The minimum atomic E-state index is -0.405. The third kappa shape index (κ3) is 4.39. The molecule has 1 aliphatic rings. The predicted molar refractivity (Wildman–Crippen MR) is 102 cm³/mol. The summed E-state index contributed by atoms with van der Waals surface area (Å²) < 4.78 is 23.6. The molecule has 0 unspecified atom stereocenters. The second kappa shape index (κ2) is 7.96. The molecule has 1 aromatic heterocycles. The topological polar surface area (TPSA) is 67.3 Å². The average Bonchev–Trinajstić information content (AvgIpc) is 3.06. The first-order valence-electron chi connectivity index (χ1n) is 9.42. The Morgan fingerprint density at radius 3 is 2.67 bits per heavy atom. The molecule has 0 amide bonds. The molecular weight excluding hydrogens is 347 g/mol. The highest BCUT2D eigenvalue weighted by molar-refractivity contribution is 5.72. The number of aromatic nitrogens is 1. The Morgan fingerprint density at radius 1 is 1.11 bits per heavy atom. The number of benzene rings is 2. The van der Waals surface area contributed by atoms with Gasteiger partial charge < -0.3 is 14.5 Å². The number of hydrogen-bond acceptors (Lipinski definition) is 4. The van der Waals surface area contributed by atoms with Crippen LogP contribution in [0, 0.1) is 5.82 Å². The maximum absolute atomic E-state index is 12.9. The van der Waals surface area contributed by atoms with Gasteiger partial charge in [-0.1, -0.05) is 6.07 Å². The molecule has 0 atom stereocenters. The molecule has 5 nitrogen and oxygen atoms in total. The van der Waals surface area contributed by atoms with Crippen LogP contribution in [0.2, 0.25) is 0 Å². The number of rotatable bonds is 6. The van der Waals surface area contributed by atoms with E-state index in [2.05, 4.69) is 16.4 Å². The van der Waals surface area contributed by atoms with Crippen LogP contribution in [0.5, 0.6) is 5.75 Å². The molecule has 0 saturated heterocycles. The first kappa shape index (κ1) is 17.8.